The summed E-state index contributed by atoms with van der Waals surface area (Å²) in [7, 11) is 3.84. The fraction of sp³-hybridized carbons (Fsp3) is 0.571. The van der Waals surface area contributed by atoms with Crippen molar-refractivity contribution in [1.29, 1.82) is 0 Å². The number of benzene rings is 1. The third-order valence-electron chi connectivity index (χ3n) is 3.85. The lowest BCUT2D eigenvalue weighted by atomic mass is 10.1. The van der Waals surface area contributed by atoms with E-state index in [4.69, 9.17) is 0 Å². The molecule has 1 aromatic rings. The van der Waals surface area contributed by atoms with Gasteiger partial charge in [0.25, 0.3) is 5.69 Å². The number of likely N-dealkylation sites (N-methyl/N-ethyl adjacent to an activating group) is 1. The van der Waals surface area contributed by atoms with Crippen LogP contribution in [0.3, 0.4) is 0 Å². The predicted molar refractivity (Wildman–Crippen MR) is 76.8 cm³/mol. The zero-order valence-electron chi connectivity index (χ0n) is 12.4. The van der Waals surface area contributed by atoms with Crippen LogP contribution in [-0.2, 0) is 6.18 Å². The Hall–Kier alpha value is -1.83. The second kappa shape index (κ2) is 6.12. The molecule has 1 saturated carbocycles. The molecule has 22 heavy (non-hydrogen) atoms. The van der Waals surface area contributed by atoms with E-state index in [-0.39, 0.29) is 11.7 Å². The van der Waals surface area contributed by atoms with Gasteiger partial charge in [0.1, 0.15) is 5.69 Å². The maximum Gasteiger partial charge on any atom is 0.416 e. The zero-order chi connectivity index (χ0) is 16.5. The molecule has 5 nitrogen and oxygen atoms in total. The fourth-order valence-electron chi connectivity index (χ4n) is 2.47. The first-order chi connectivity index (χ1) is 10.2. The molecule has 0 saturated heterocycles. The minimum atomic E-state index is -4.59. The van der Waals surface area contributed by atoms with Crippen LogP contribution in [0.2, 0.25) is 0 Å². The van der Waals surface area contributed by atoms with E-state index in [1.54, 1.807) is 0 Å². The lowest BCUT2D eigenvalue weighted by Gasteiger charge is -2.24. The van der Waals surface area contributed by atoms with Crippen LogP contribution in [0.1, 0.15) is 18.4 Å². The number of hydrogen-bond donors (Lipinski definition) is 1. The number of nitrogens with zero attached hydrogens (tertiary/aromatic N) is 2. The van der Waals surface area contributed by atoms with Gasteiger partial charge in [-0.05, 0) is 45.0 Å². The number of anilines is 1. The van der Waals surface area contributed by atoms with Crippen LogP contribution in [0.25, 0.3) is 0 Å². The highest BCUT2D eigenvalue weighted by Gasteiger charge is 2.34. The highest BCUT2D eigenvalue weighted by molar-refractivity contribution is 5.63. The van der Waals surface area contributed by atoms with Gasteiger partial charge in [0, 0.05) is 18.7 Å². The summed E-state index contributed by atoms with van der Waals surface area (Å²) in [5, 5.41) is 13.9. The van der Waals surface area contributed by atoms with Gasteiger partial charge in [-0.2, -0.15) is 13.2 Å². The highest BCUT2D eigenvalue weighted by Crippen LogP contribution is 2.37. The molecule has 0 aromatic heterocycles. The molecule has 1 aliphatic carbocycles. The average Bonchev–Trinajstić information content (AvgIpc) is 3.21. The normalized spacial score (nSPS) is 16.6. The Bertz CT molecular complexity index is 555. The Labute approximate surface area is 126 Å². The van der Waals surface area contributed by atoms with E-state index in [9.17, 15) is 23.3 Å². The maximum atomic E-state index is 12.6. The second-order valence-corrected chi connectivity index (χ2v) is 5.74. The van der Waals surface area contributed by atoms with Crippen molar-refractivity contribution in [2.45, 2.75) is 25.1 Å². The molecule has 0 amide bonds. The Balaban J connectivity index is 2.17. The molecule has 0 aliphatic heterocycles. The Kier molecular flexibility index (Phi) is 4.60. The topological polar surface area (TPSA) is 58.4 Å². The van der Waals surface area contributed by atoms with E-state index in [1.807, 2.05) is 19.0 Å². The van der Waals surface area contributed by atoms with Gasteiger partial charge in [-0.15, -0.1) is 0 Å². The molecule has 1 fully saturated rings. The molecule has 0 bridgehead atoms. The van der Waals surface area contributed by atoms with Crippen LogP contribution in [0.15, 0.2) is 18.2 Å². The Morgan fingerprint density at radius 3 is 2.50 bits per heavy atom. The van der Waals surface area contributed by atoms with Crippen molar-refractivity contribution in [2.75, 3.05) is 26.0 Å². The number of halogens is 3. The van der Waals surface area contributed by atoms with Crippen molar-refractivity contribution in [3.8, 4) is 0 Å². The molecule has 1 unspecified atom stereocenters. The van der Waals surface area contributed by atoms with Crippen molar-refractivity contribution >= 4 is 11.4 Å². The smallest absolute Gasteiger partial charge is 0.378 e. The standard InChI is InChI=1S/C14H18F3N3O2/c1-19(2)13(9-3-4-9)8-18-11-6-5-10(14(15,16)17)7-12(11)20(21)22/h5-7,9,13,18H,3-4,8H2,1-2H3. The number of rotatable bonds is 6. The van der Waals surface area contributed by atoms with E-state index in [0.29, 0.717) is 18.5 Å². The Morgan fingerprint density at radius 2 is 2.05 bits per heavy atom. The van der Waals surface area contributed by atoms with Gasteiger partial charge < -0.3 is 10.2 Å². The monoisotopic (exact) mass is 317 g/mol. The van der Waals surface area contributed by atoms with Gasteiger partial charge in [-0.1, -0.05) is 0 Å². The molecule has 1 aliphatic rings. The summed E-state index contributed by atoms with van der Waals surface area (Å²) in [6.45, 7) is 0.462. The van der Waals surface area contributed by atoms with Crippen molar-refractivity contribution in [3.63, 3.8) is 0 Å². The third-order valence-corrected chi connectivity index (χ3v) is 3.85. The molecular weight excluding hydrogens is 299 g/mol. The van der Waals surface area contributed by atoms with Crippen LogP contribution in [0.4, 0.5) is 24.5 Å². The predicted octanol–water partition coefficient (Wildman–Crippen LogP) is 3.37. The average molecular weight is 317 g/mol. The van der Waals surface area contributed by atoms with Crippen LogP contribution in [0, 0.1) is 16.0 Å². The van der Waals surface area contributed by atoms with Gasteiger partial charge in [-0.25, -0.2) is 0 Å². The largest absolute Gasteiger partial charge is 0.416 e. The molecule has 1 aromatic carbocycles. The summed E-state index contributed by atoms with van der Waals surface area (Å²) in [4.78, 5) is 12.2. The van der Waals surface area contributed by atoms with Crippen molar-refractivity contribution < 1.29 is 18.1 Å². The first kappa shape index (κ1) is 16.5. The Morgan fingerprint density at radius 1 is 1.41 bits per heavy atom. The summed E-state index contributed by atoms with van der Waals surface area (Å²) in [5.74, 6) is 0.538. The van der Waals surface area contributed by atoms with Gasteiger partial charge in [0.2, 0.25) is 0 Å². The van der Waals surface area contributed by atoms with E-state index in [1.165, 1.54) is 0 Å². The summed E-state index contributed by atoms with van der Waals surface area (Å²) in [6, 6.07) is 2.77. The van der Waals surface area contributed by atoms with Gasteiger partial charge in [0.15, 0.2) is 0 Å². The quantitative estimate of drug-likeness (QED) is 0.645. The third kappa shape index (κ3) is 3.88. The van der Waals surface area contributed by atoms with Gasteiger partial charge >= 0.3 is 6.18 Å². The highest BCUT2D eigenvalue weighted by atomic mass is 19.4. The molecule has 2 rings (SSSR count). The summed E-state index contributed by atoms with van der Waals surface area (Å²) in [5.41, 5.74) is -1.45. The SMILES string of the molecule is CN(C)C(CNc1ccc(C(F)(F)F)cc1[N+](=O)[O-])C1CC1. The number of nitro groups is 1. The molecule has 0 radical (unpaired) electrons. The lowest BCUT2D eigenvalue weighted by Crippen LogP contribution is -2.36. The molecule has 8 heteroatoms. The lowest BCUT2D eigenvalue weighted by molar-refractivity contribution is -0.384. The molecule has 0 heterocycles. The summed E-state index contributed by atoms with van der Waals surface area (Å²) in [6.07, 6.45) is -2.37. The first-order valence-electron chi connectivity index (χ1n) is 6.96. The van der Waals surface area contributed by atoms with Crippen LogP contribution in [0.5, 0.6) is 0 Å². The van der Waals surface area contributed by atoms with Gasteiger partial charge in [0.05, 0.1) is 10.5 Å². The maximum absolute atomic E-state index is 12.6. The number of nitro benzene ring substituents is 1. The van der Waals surface area contributed by atoms with E-state index >= 15 is 0 Å². The van der Waals surface area contributed by atoms with Crippen LogP contribution < -0.4 is 5.32 Å². The molecule has 1 atom stereocenters. The van der Waals surface area contributed by atoms with E-state index < -0.39 is 22.4 Å². The molecule has 0 spiro atoms. The number of nitrogens with one attached hydrogen (secondary N) is 1. The van der Waals surface area contributed by atoms with E-state index in [0.717, 1.165) is 25.0 Å². The van der Waals surface area contributed by atoms with E-state index in [2.05, 4.69) is 5.32 Å². The first-order valence-corrected chi connectivity index (χ1v) is 6.96. The number of hydrogen-bond acceptors (Lipinski definition) is 4. The second-order valence-electron chi connectivity index (χ2n) is 5.74. The summed E-state index contributed by atoms with van der Waals surface area (Å²) < 4.78 is 37.9. The summed E-state index contributed by atoms with van der Waals surface area (Å²) >= 11 is 0. The zero-order valence-corrected chi connectivity index (χ0v) is 12.4. The molecule has 1 N–H and O–H groups in total. The minimum Gasteiger partial charge on any atom is -0.378 e. The van der Waals surface area contributed by atoms with Crippen molar-refractivity contribution in [2.24, 2.45) is 5.92 Å². The van der Waals surface area contributed by atoms with Crippen molar-refractivity contribution in [1.82, 2.24) is 4.90 Å². The van der Waals surface area contributed by atoms with Crippen LogP contribution >= 0.6 is 0 Å². The van der Waals surface area contributed by atoms with Crippen molar-refractivity contribution in [3.05, 3.63) is 33.9 Å². The van der Waals surface area contributed by atoms with Gasteiger partial charge in [-0.3, -0.25) is 10.1 Å². The number of alkyl halides is 3. The molecule has 122 valence electrons. The minimum absolute atomic E-state index is 0.116. The van der Waals surface area contributed by atoms with Crippen LogP contribution in [-0.4, -0.2) is 36.5 Å². The molecular formula is C14H18F3N3O2. The fourth-order valence-corrected chi connectivity index (χ4v) is 2.47.